The van der Waals surface area contributed by atoms with Gasteiger partial charge in [0, 0.05) is 28.5 Å². The van der Waals surface area contributed by atoms with Gasteiger partial charge in [-0.05, 0) is 99.1 Å². The molecule has 9 nitrogen and oxygen atoms in total. The van der Waals surface area contributed by atoms with Gasteiger partial charge in [0.25, 0.3) is 5.91 Å². The fourth-order valence-electron chi connectivity index (χ4n) is 4.07. The molecule has 7 N–H and O–H groups in total. The van der Waals surface area contributed by atoms with Crippen LogP contribution < -0.4 is 31.7 Å². The molecule has 4 aromatic carbocycles. The van der Waals surface area contributed by atoms with E-state index in [-0.39, 0.29) is 23.9 Å². The molecule has 0 radical (unpaired) electrons. The highest BCUT2D eigenvalue weighted by Crippen LogP contribution is 2.27. The van der Waals surface area contributed by atoms with E-state index in [0.717, 1.165) is 17.0 Å². The minimum Gasteiger partial charge on any atom is -0.491 e. The van der Waals surface area contributed by atoms with E-state index in [1.54, 1.807) is 36.4 Å². The van der Waals surface area contributed by atoms with Crippen LogP contribution in [-0.2, 0) is 0 Å². The van der Waals surface area contributed by atoms with Crippen molar-refractivity contribution in [2.45, 2.75) is 32.9 Å². The lowest BCUT2D eigenvalue weighted by Gasteiger charge is -2.19. The summed E-state index contributed by atoms with van der Waals surface area (Å²) in [6.07, 6.45) is 0.0822. The van der Waals surface area contributed by atoms with Crippen molar-refractivity contribution in [3.63, 3.8) is 0 Å². The molecule has 3 amide bonds. The largest absolute Gasteiger partial charge is 0.491 e. The first-order valence-electron chi connectivity index (χ1n) is 13.2. The summed E-state index contributed by atoms with van der Waals surface area (Å²) in [7, 11) is 0. The monoisotopic (exact) mass is 550 g/mol. The molecule has 0 saturated heterocycles. The predicted octanol–water partition coefficient (Wildman–Crippen LogP) is 6.83. The third-order valence-corrected chi connectivity index (χ3v) is 6.16. The lowest BCUT2D eigenvalue weighted by molar-refractivity contribution is 0.102. The van der Waals surface area contributed by atoms with Crippen LogP contribution in [0.4, 0.5) is 27.5 Å². The molecule has 1 unspecified atom stereocenters. The third kappa shape index (κ3) is 8.09. The fourth-order valence-corrected chi connectivity index (χ4v) is 4.07. The van der Waals surface area contributed by atoms with Gasteiger partial charge < -0.3 is 31.7 Å². The number of carbonyl (C=O) groups is 2. The van der Waals surface area contributed by atoms with Crippen LogP contribution in [0.25, 0.3) is 0 Å². The second-order valence-electron chi connectivity index (χ2n) is 9.75. The smallest absolute Gasteiger partial charge is 0.323 e. The number of urea groups is 1. The van der Waals surface area contributed by atoms with E-state index in [4.69, 9.17) is 15.9 Å². The summed E-state index contributed by atoms with van der Waals surface area (Å²) in [5.41, 5.74) is 10.2. The zero-order valence-corrected chi connectivity index (χ0v) is 23.2. The molecular weight excluding hydrogens is 516 g/mol. The highest BCUT2D eigenvalue weighted by molar-refractivity contribution is 6.04. The Morgan fingerprint density at radius 1 is 0.707 bits per heavy atom. The lowest BCUT2D eigenvalue weighted by Crippen LogP contribution is -2.21. The van der Waals surface area contributed by atoms with Gasteiger partial charge in [0.2, 0.25) is 0 Å². The normalized spacial score (nSPS) is 11.3. The molecule has 210 valence electrons. The van der Waals surface area contributed by atoms with Crippen LogP contribution >= 0.6 is 0 Å². The summed E-state index contributed by atoms with van der Waals surface area (Å²) in [4.78, 5) is 25.4. The molecule has 0 aliphatic rings. The molecule has 0 fully saturated rings. The molecule has 41 heavy (non-hydrogen) atoms. The summed E-state index contributed by atoms with van der Waals surface area (Å²) in [6.45, 7) is 5.93. The maximum atomic E-state index is 12.8. The second-order valence-corrected chi connectivity index (χ2v) is 9.75. The van der Waals surface area contributed by atoms with Crippen LogP contribution in [0.3, 0.4) is 0 Å². The Hall–Kier alpha value is -5.31. The van der Waals surface area contributed by atoms with Gasteiger partial charge in [-0.3, -0.25) is 10.2 Å². The Labute approximate surface area is 239 Å². The molecule has 0 heterocycles. The Balaban J connectivity index is 1.35. The van der Waals surface area contributed by atoms with Gasteiger partial charge in [-0.1, -0.05) is 24.3 Å². The first-order valence-corrected chi connectivity index (χ1v) is 13.2. The van der Waals surface area contributed by atoms with E-state index in [0.29, 0.717) is 28.2 Å². The first-order chi connectivity index (χ1) is 19.7. The first kappa shape index (κ1) is 28.7. The molecule has 0 aliphatic carbocycles. The molecule has 4 aromatic rings. The van der Waals surface area contributed by atoms with Crippen molar-refractivity contribution >= 4 is 40.5 Å². The van der Waals surface area contributed by atoms with Crippen LogP contribution in [-0.4, -0.2) is 23.9 Å². The van der Waals surface area contributed by atoms with Crippen molar-refractivity contribution in [3.8, 4) is 5.75 Å². The Morgan fingerprint density at radius 3 is 1.88 bits per heavy atom. The molecule has 0 spiro atoms. The van der Waals surface area contributed by atoms with Gasteiger partial charge in [0.05, 0.1) is 17.5 Å². The summed E-state index contributed by atoms with van der Waals surface area (Å²) in [6, 6.07) is 28.3. The number of benzene rings is 4. The van der Waals surface area contributed by atoms with E-state index in [1.807, 2.05) is 81.4 Å². The Morgan fingerprint density at radius 2 is 1.27 bits per heavy atom. The number of para-hydroxylation sites is 2. The van der Waals surface area contributed by atoms with E-state index in [9.17, 15) is 9.59 Å². The molecule has 0 aromatic heterocycles. The molecule has 0 saturated carbocycles. The van der Waals surface area contributed by atoms with Gasteiger partial charge in [-0.2, -0.15) is 0 Å². The van der Waals surface area contributed by atoms with Crippen LogP contribution in [0.1, 0.15) is 48.3 Å². The van der Waals surface area contributed by atoms with Gasteiger partial charge in [0.15, 0.2) is 0 Å². The van der Waals surface area contributed by atoms with E-state index in [1.165, 1.54) is 0 Å². The predicted molar refractivity (Wildman–Crippen MR) is 165 cm³/mol. The average molecular weight is 551 g/mol. The summed E-state index contributed by atoms with van der Waals surface area (Å²) < 4.78 is 5.65. The zero-order chi connectivity index (χ0) is 29.4. The quantitative estimate of drug-likeness (QED) is 0.0948. The number of nitrogens with two attached hydrogens (primary N) is 1. The van der Waals surface area contributed by atoms with Gasteiger partial charge >= 0.3 is 6.03 Å². The Kier molecular flexibility index (Phi) is 9.21. The summed E-state index contributed by atoms with van der Waals surface area (Å²) in [5, 5.41) is 19.5. The lowest BCUT2D eigenvalue weighted by atomic mass is 10.0. The zero-order valence-electron chi connectivity index (χ0n) is 23.2. The number of ether oxygens (including phenoxy) is 1. The van der Waals surface area contributed by atoms with E-state index in [2.05, 4.69) is 21.3 Å². The van der Waals surface area contributed by atoms with Crippen LogP contribution in [0, 0.1) is 5.41 Å². The SMILES string of the molecule is CC(C)Oc1ccc(NC(=O)c2ccc(C(C)Nc3ccccc3NC(=O)Nc3ccc(C(=N)N)cc3)cc2)cc1. The number of carbonyl (C=O) groups excluding carboxylic acids is 2. The van der Waals surface area contributed by atoms with Crippen molar-refractivity contribution in [1.82, 2.24) is 0 Å². The molecule has 1 atom stereocenters. The molecule has 0 bridgehead atoms. The van der Waals surface area contributed by atoms with Crippen molar-refractivity contribution in [2.24, 2.45) is 5.73 Å². The molecular formula is C32H34N6O3. The number of amides is 3. The van der Waals surface area contributed by atoms with Gasteiger partial charge in [-0.25, -0.2) is 4.79 Å². The maximum absolute atomic E-state index is 12.8. The maximum Gasteiger partial charge on any atom is 0.323 e. The highest BCUT2D eigenvalue weighted by atomic mass is 16.5. The minimum atomic E-state index is -0.403. The van der Waals surface area contributed by atoms with Crippen molar-refractivity contribution in [1.29, 1.82) is 5.41 Å². The van der Waals surface area contributed by atoms with Crippen LogP contribution in [0.5, 0.6) is 5.75 Å². The van der Waals surface area contributed by atoms with Crippen molar-refractivity contribution in [2.75, 3.05) is 21.3 Å². The average Bonchev–Trinajstić information content (AvgIpc) is 2.95. The minimum absolute atomic E-state index is 0.0355. The van der Waals surface area contributed by atoms with E-state index < -0.39 is 6.03 Å². The Bertz CT molecular complexity index is 1500. The second kappa shape index (κ2) is 13.2. The number of nitrogens with one attached hydrogen (secondary N) is 5. The fraction of sp³-hybridized carbons (Fsp3) is 0.156. The number of nitrogen functional groups attached to an aromatic ring is 1. The van der Waals surface area contributed by atoms with Crippen LogP contribution in [0.15, 0.2) is 97.1 Å². The number of rotatable bonds is 10. The summed E-state index contributed by atoms with van der Waals surface area (Å²) in [5.74, 6) is 0.513. The van der Waals surface area contributed by atoms with Crippen molar-refractivity contribution in [3.05, 3.63) is 114 Å². The topological polar surface area (TPSA) is 141 Å². The van der Waals surface area contributed by atoms with Gasteiger partial charge in [0.1, 0.15) is 11.6 Å². The molecule has 0 aliphatic heterocycles. The molecule has 9 heteroatoms. The number of hydrogen-bond acceptors (Lipinski definition) is 5. The number of hydrogen-bond donors (Lipinski definition) is 6. The van der Waals surface area contributed by atoms with E-state index >= 15 is 0 Å². The number of amidine groups is 1. The standard InChI is InChI=1S/C32H34N6O3/c1-20(2)41-27-18-16-25(17-19-27)36-31(39)24-10-8-22(9-11-24)21(3)35-28-6-4-5-7-29(28)38-32(40)37-26-14-12-23(13-15-26)30(33)34/h4-21,35H,1-3H3,(H3,33,34)(H,36,39)(H2,37,38,40). The third-order valence-electron chi connectivity index (χ3n) is 6.16. The van der Waals surface area contributed by atoms with Crippen molar-refractivity contribution < 1.29 is 14.3 Å². The highest BCUT2D eigenvalue weighted by Gasteiger charge is 2.13. The number of anilines is 4. The molecule has 4 rings (SSSR count). The summed E-state index contributed by atoms with van der Waals surface area (Å²) >= 11 is 0. The van der Waals surface area contributed by atoms with Gasteiger partial charge in [-0.15, -0.1) is 0 Å². The van der Waals surface area contributed by atoms with Crippen LogP contribution in [0.2, 0.25) is 0 Å².